The maximum Gasteiger partial charge on any atom is 0.338 e. The predicted octanol–water partition coefficient (Wildman–Crippen LogP) is 12.4. The second-order valence-corrected chi connectivity index (χ2v) is 17.5. The lowest BCUT2D eigenvalue weighted by Gasteiger charge is -2.58. The number of carbonyl (C=O) groups excluding carboxylic acids is 1. The van der Waals surface area contributed by atoms with Crippen molar-refractivity contribution in [1.29, 1.82) is 0 Å². The Labute approximate surface area is 290 Å². The third-order valence-corrected chi connectivity index (χ3v) is 14.0. The van der Waals surface area contributed by atoms with Crippen molar-refractivity contribution in [3.63, 3.8) is 0 Å². The summed E-state index contributed by atoms with van der Waals surface area (Å²) in [5.74, 6) is 5.76. The molecule has 0 saturated heterocycles. The van der Waals surface area contributed by atoms with Crippen LogP contribution in [0.3, 0.4) is 0 Å². The van der Waals surface area contributed by atoms with Crippen molar-refractivity contribution in [2.75, 3.05) is 11.9 Å². The van der Waals surface area contributed by atoms with Crippen molar-refractivity contribution in [2.24, 2.45) is 46.3 Å². The van der Waals surface area contributed by atoms with E-state index in [1.165, 1.54) is 83.5 Å². The quantitative estimate of drug-likeness (QED) is 0.0746. The van der Waals surface area contributed by atoms with Gasteiger partial charge in [0.2, 0.25) is 0 Å². The molecule has 4 aliphatic carbocycles. The molecule has 0 radical (unpaired) electrons. The van der Waals surface area contributed by atoms with Crippen molar-refractivity contribution < 1.29 is 14.3 Å². The first-order chi connectivity index (χ1) is 22.2. The Bertz CT molecular complexity index is 1140. The molecule has 4 aliphatic rings. The number of allylic oxidation sites excluding steroid dienone is 1. The van der Waals surface area contributed by atoms with Crippen molar-refractivity contribution >= 4 is 21.9 Å². The molecule has 4 heteroatoms. The smallest absolute Gasteiger partial charge is 0.338 e. The molecule has 46 heavy (non-hydrogen) atoms. The van der Waals surface area contributed by atoms with E-state index in [-0.39, 0.29) is 17.5 Å². The van der Waals surface area contributed by atoms with Crippen LogP contribution in [0.5, 0.6) is 5.75 Å². The molecule has 3 fully saturated rings. The van der Waals surface area contributed by atoms with Crippen molar-refractivity contribution in [3.05, 3.63) is 41.5 Å². The summed E-state index contributed by atoms with van der Waals surface area (Å²) in [6.45, 7) is 13.3. The second-order valence-electron chi connectivity index (χ2n) is 16.7. The fourth-order valence-electron chi connectivity index (χ4n) is 10.8. The number of ether oxygens (including phenoxy) is 2. The summed E-state index contributed by atoms with van der Waals surface area (Å²) in [6, 6.07) is 7.58. The third-order valence-electron chi connectivity index (χ3n) is 13.4. The van der Waals surface area contributed by atoms with Crippen LogP contribution < -0.4 is 4.74 Å². The highest BCUT2D eigenvalue weighted by atomic mass is 79.9. The van der Waals surface area contributed by atoms with E-state index in [2.05, 4.69) is 56.6 Å². The van der Waals surface area contributed by atoms with Gasteiger partial charge in [-0.2, -0.15) is 0 Å². The van der Waals surface area contributed by atoms with Gasteiger partial charge in [0.1, 0.15) is 11.9 Å². The van der Waals surface area contributed by atoms with Gasteiger partial charge in [-0.3, -0.25) is 0 Å². The van der Waals surface area contributed by atoms with Gasteiger partial charge in [0.05, 0.1) is 12.2 Å². The molecule has 0 amide bonds. The first-order valence-electron chi connectivity index (χ1n) is 19.3. The number of hydrogen-bond acceptors (Lipinski definition) is 3. The second kappa shape index (κ2) is 16.4. The number of fused-ring (bicyclic) bond motifs is 5. The van der Waals surface area contributed by atoms with E-state index in [1.54, 1.807) is 5.57 Å². The molecule has 0 N–H and O–H groups in total. The average Bonchev–Trinajstić information content (AvgIpc) is 3.40. The van der Waals surface area contributed by atoms with Crippen LogP contribution in [-0.4, -0.2) is 24.0 Å². The zero-order valence-corrected chi connectivity index (χ0v) is 31.6. The molecule has 0 heterocycles. The normalized spacial score (nSPS) is 32.7. The molecule has 5 rings (SSSR count). The lowest BCUT2D eigenvalue weighted by Crippen LogP contribution is -2.51. The highest BCUT2D eigenvalue weighted by Gasteiger charge is 2.59. The Hall–Kier alpha value is -1.29. The maximum atomic E-state index is 13.2. The minimum absolute atomic E-state index is 0.00905. The van der Waals surface area contributed by atoms with E-state index < -0.39 is 0 Å². The summed E-state index contributed by atoms with van der Waals surface area (Å²) >= 11 is 3.50. The monoisotopic (exact) mass is 696 g/mol. The fourth-order valence-corrected chi connectivity index (χ4v) is 11.1. The van der Waals surface area contributed by atoms with Crippen LogP contribution in [0.2, 0.25) is 0 Å². The number of rotatable bonds is 16. The molecule has 1 aromatic carbocycles. The molecule has 0 bridgehead atoms. The zero-order chi connectivity index (χ0) is 32.7. The van der Waals surface area contributed by atoms with Gasteiger partial charge in [-0.25, -0.2) is 4.79 Å². The number of benzene rings is 1. The van der Waals surface area contributed by atoms with E-state index in [0.29, 0.717) is 11.0 Å². The molecule has 1 aromatic rings. The van der Waals surface area contributed by atoms with Crippen LogP contribution in [0.4, 0.5) is 0 Å². The van der Waals surface area contributed by atoms with Crippen LogP contribution in [0.1, 0.15) is 154 Å². The van der Waals surface area contributed by atoms with Gasteiger partial charge in [-0.1, -0.05) is 107 Å². The first-order valence-corrected chi connectivity index (χ1v) is 20.5. The number of halogens is 1. The minimum atomic E-state index is -0.189. The van der Waals surface area contributed by atoms with E-state index in [4.69, 9.17) is 9.47 Å². The van der Waals surface area contributed by atoms with Crippen LogP contribution in [-0.2, 0) is 4.74 Å². The highest BCUT2D eigenvalue weighted by molar-refractivity contribution is 9.09. The summed E-state index contributed by atoms with van der Waals surface area (Å²) in [5.41, 5.74) is 3.02. The van der Waals surface area contributed by atoms with E-state index in [0.717, 1.165) is 78.9 Å². The van der Waals surface area contributed by atoms with Gasteiger partial charge >= 0.3 is 5.97 Å². The number of esters is 1. The van der Waals surface area contributed by atoms with Gasteiger partial charge in [0, 0.05) is 11.8 Å². The molecule has 0 aromatic heterocycles. The molecule has 3 nitrogen and oxygen atoms in total. The molecule has 3 saturated carbocycles. The van der Waals surface area contributed by atoms with Crippen LogP contribution in [0.15, 0.2) is 35.9 Å². The van der Waals surface area contributed by atoms with E-state index in [1.807, 2.05) is 24.3 Å². The van der Waals surface area contributed by atoms with Crippen molar-refractivity contribution in [2.45, 2.75) is 150 Å². The molecule has 1 unspecified atom stereocenters. The van der Waals surface area contributed by atoms with Crippen LogP contribution in [0.25, 0.3) is 0 Å². The summed E-state index contributed by atoms with van der Waals surface area (Å²) < 4.78 is 12.1. The van der Waals surface area contributed by atoms with Crippen molar-refractivity contribution in [3.8, 4) is 5.75 Å². The maximum absolute atomic E-state index is 13.2. The van der Waals surface area contributed by atoms with Crippen LogP contribution >= 0.6 is 15.9 Å². The fraction of sp³-hybridized carbons (Fsp3) is 0.786. The SMILES string of the molecule is CC(C)CCC[C@@H](C)[C@H]1CC[C@H]2[C@@H]3CC=C4CC(OC(=O)c5ccc(OCCCCCCCCBr)cc5)CC[C@]4(C)[C@H]3CC[C@]12C. The summed E-state index contributed by atoms with van der Waals surface area (Å²) in [5, 5.41) is 1.11. The molecule has 8 atom stereocenters. The Kier molecular flexibility index (Phi) is 12.8. The van der Waals surface area contributed by atoms with Gasteiger partial charge in [-0.05, 0) is 128 Å². The number of hydrogen-bond donors (Lipinski definition) is 0. The van der Waals surface area contributed by atoms with Gasteiger partial charge in [-0.15, -0.1) is 0 Å². The Morgan fingerprint density at radius 2 is 1.61 bits per heavy atom. The molecule has 258 valence electrons. The summed E-state index contributed by atoms with van der Waals surface area (Å²) in [7, 11) is 0. The van der Waals surface area contributed by atoms with E-state index in [9.17, 15) is 4.79 Å². The number of unbranched alkanes of at least 4 members (excludes halogenated alkanes) is 5. The van der Waals surface area contributed by atoms with Gasteiger partial charge < -0.3 is 9.47 Å². The largest absolute Gasteiger partial charge is 0.494 e. The van der Waals surface area contributed by atoms with E-state index >= 15 is 0 Å². The molecular formula is C42H65BrO3. The van der Waals surface area contributed by atoms with Gasteiger partial charge in [0.25, 0.3) is 0 Å². The molecule has 0 aliphatic heterocycles. The third kappa shape index (κ3) is 8.28. The summed E-state index contributed by atoms with van der Waals surface area (Å²) in [4.78, 5) is 13.2. The lowest BCUT2D eigenvalue weighted by molar-refractivity contribution is -0.0594. The Balaban J connectivity index is 1.10. The molecule has 0 spiro atoms. The Morgan fingerprint density at radius 3 is 2.35 bits per heavy atom. The first kappa shape index (κ1) is 36.0. The number of alkyl halides is 1. The summed E-state index contributed by atoms with van der Waals surface area (Å²) in [6.07, 6.45) is 24.2. The average molecular weight is 698 g/mol. The highest BCUT2D eigenvalue weighted by Crippen LogP contribution is 2.67. The molecular weight excluding hydrogens is 632 g/mol. The van der Waals surface area contributed by atoms with Gasteiger partial charge in [0.15, 0.2) is 0 Å². The lowest BCUT2D eigenvalue weighted by atomic mass is 9.47. The number of carbonyl (C=O) groups is 1. The topological polar surface area (TPSA) is 35.5 Å². The zero-order valence-electron chi connectivity index (χ0n) is 30.0. The standard InChI is InChI=1S/C42H65BrO3/c1-30(2)13-12-14-31(3)37-21-22-38-36-20-17-33-29-35(23-25-41(33,4)39(36)24-26-42(37,38)5)46-40(44)32-15-18-34(19-16-32)45-28-11-9-7-6-8-10-27-43/h15-19,30-31,35-39H,6-14,20-29H2,1-5H3/t31-,35?,36+,37-,38+,39+,41+,42-/m1/s1. The minimum Gasteiger partial charge on any atom is -0.494 e. The van der Waals surface area contributed by atoms with Crippen molar-refractivity contribution in [1.82, 2.24) is 0 Å². The predicted molar refractivity (Wildman–Crippen MR) is 196 cm³/mol. The van der Waals surface area contributed by atoms with Crippen LogP contribution in [0, 0.1) is 46.3 Å². The Morgan fingerprint density at radius 1 is 0.870 bits per heavy atom.